The van der Waals surface area contributed by atoms with Crippen molar-refractivity contribution in [1.29, 1.82) is 0 Å². The van der Waals surface area contributed by atoms with Gasteiger partial charge in [-0.2, -0.15) is 9.97 Å². The van der Waals surface area contributed by atoms with Gasteiger partial charge in [-0.25, -0.2) is 8.78 Å². The lowest BCUT2D eigenvalue weighted by molar-refractivity contribution is 0.207. The van der Waals surface area contributed by atoms with E-state index in [1.54, 1.807) is 36.5 Å². The average molecular weight is 564 g/mol. The second-order valence-electron chi connectivity index (χ2n) is 11.0. The summed E-state index contributed by atoms with van der Waals surface area (Å²) in [5, 5.41) is 14.5. The number of halogens is 2. The fourth-order valence-electron chi connectivity index (χ4n) is 5.89. The largest absolute Gasteiger partial charge is 0.463 e. The summed E-state index contributed by atoms with van der Waals surface area (Å²) >= 11 is 0. The van der Waals surface area contributed by atoms with Gasteiger partial charge in [-0.15, -0.1) is 0 Å². The molecular formula is C32H39F2N5O2. The molecule has 2 aromatic heterocycles. The van der Waals surface area contributed by atoms with Gasteiger partial charge < -0.3 is 20.1 Å². The molecule has 1 fully saturated rings. The van der Waals surface area contributed by atoms with Crippen LogP contribution in [0.3, 0.4) is 0 Å². The molecule has 0 bridgehead atoms. The van der Waals surface area contributed by atoms with E-state index in [0.717, 1.165) is 51.6 Å². The summed E-state index contributed by atoms with van der Waals surface area (Å²) in [5.74, 6) is -0.0826. The van der Waals surface area contributed by atoms with Crippen LogP contribution in [0.5, 0.6) is 6.01 Å². The summed E-state index contributed by atoms with van der Waals surface area (Å²) in [4.78, 5) is 15.9. The standard InChI is InChI=1S/C32H39F2N5O2/c1-3-8-21(9-6-15-35-2)20-41-32-37-30-25(31(38-32)39-16-7-10-22(18-39)19-40)17-36-29(28(30)34)24-13-4-11-23-12-5-14-26(33)27(23)24/h4-5,11-14,17,21-22,35,40H,3,6-10,15-16,18-20H2,1-2H3. The highest BCUT2D eigenvalue weighted by molar-refractivity contribution is 5.99. The van der Waals surface area contributed by atoms with E-state index in [9.17, 15) is 9.50 Å². The maximum atomic E-state index is 16.4. The molecule has 0 radical (unpaired) electrons. The zero-order valence-electron chi connectivity index (χ0n) is 23.9. The zero-order chi connectivity index (χ0) is 28.8. The third kappa shape index (κ3) is 6.41. The summed E-state index contributed by atoms with van der Waals surface area (Å²) in [5.41, 5.74) is 0.497. The highest BCUT2D eigenvalue weighted by atomic mass is 19.1. The van der Waals surface area contributed by atoms with Crippen molar-refractivity contribution in [1.82, 2.24) is 20.3 Å². The van der Waals surface area contributed by atoms with Crippen molar-refractivity contribution in [3.05, 3.63) is 54.2 Å². The van der Waals surface area contributed by atoms with Gasteiger partial charge in [-0.1, -0.05) is 43.7 Å². The number of hydrogen-bond donors (Lipinski definition) is 2. The van der Waals surface area contributed by atoms with Gasteiger partial charge in [0.1, 0.15) is 22.8 Å². The highest BCUT2D eigenvalue weighted by Gasteiger charge is 2.26. The number of rotatable bonds is 12. The predicted molar refractivity (Wildman–Crippen MR) is 159 cm³/mol. The summed E-state index contributed by atoms with van der Waals surface area (Å²) < 4.78 is 37.5. The molecule has 0 amide bonds. The molecule has 3 heterocycles. The Morgan fingerprint density at radius 3 is 2.76 bits per heavy atom. The lowest BCUT2D eigenvalue weighted by atomic mass is 9.98. The number of ether oxygens (including phenoxy) is 1. The molecule has 0 saturated carbocycles. The zero-order valence-corrected chi connectivity index (χ0v) is 23.9. The lowest BCUT2D eigenvalue weighted by Gasteiger charge is -2.33. The molecule has 2 atom stereocenters. The van der Waals surface area contributed by atoms with E-state index in [0.29, 0.717) is 46.6 Å². The molecule has 7 nitrogen and oxygen atoms in total. The number of anilines is 1. The van der Waals surface area contributed by atoms with Crippen molar-refractivity contribution in [2.24, 2.45) is 11.8 Å². The molecule has 5 rings (SSSR count). The second-order valence-corrected chi connectivity index (χ2v) is 11.0. The van der Waals surface area contributed by atoms with Gasteiger partial charge in [0.05, 0.1) is 12.0 Å². The predicted octanol–water partition coefficient (Wildman–Crippen LogP) is 6.13. The number of benzene rings is 2. The monoisotopic (exact) mass is 563 g/mol. The fourth-order valence-corrected chi connectivity index (χ4v) is 5.89. The summed E-state index contributed by atoms with van der Waals surface area (Å²) in [6, 6.07) is 10.2. The fraction of sp³-hybridized carbons (Fsp3) is 0.469. The second kappa shape index (κ2) is 13.5. The summed E-state index contributed by atoms with van der Waals surface area (Å²) in [6.07, 6.45) is 7.49. The van der Waals surface area contributed by atoms with Crippen LogP contribution in [-0.2, 0) is 0 Å². The molecule has 0 aliphatic carbocycles. The molecular weight excluding hydrogens is 524 g/mol. The summed E-state index contributed by atoms with van der Waals surface area (Å²) in [6.45, 7) is 4.94. The minimum atomic E-state index is -0.637. The van der Waals surface area contributed by atoms with Crippen LogP contribution in [0.1, 0.15) is 45.4 Å². The Labute approximate surface area is 240 Å². The van der Waals surface area contributed by atoms with Crippen LogP contribution in [0.2, 0.25) is 0 Å². The van der Waals surface area contributed by atoms with Crippen molar-refractivity contribution in [2.75, 3.05) is 44.8 Å². The van der Waals surface area contributed by atoms with Crippen molar-refractivity contribution >= 4 is 27.5 Å². The molecule has 41 heavy (non-hydrogen) atoms. The van der Waals surface area contributed by atoms with Crippen LogP contribution in [0.25, 0.3) is 32.9 Å². The lowest BCUT2D eigenvalue weighted by Crippen LogP contribution is -2.37. The van der Waals surface area contributed by atoms with Crippen LogP contribution in [0, 0.1) is 23.5 Å². The van der Waals surface area contributed by atoms with Gasteiger partial charge in [0.25, 0.3) is 0 Å². The molecule has 218 valence electrons. The minimum Gasteiger partial charge on any atom is -0.463 e. The van der Waals surface area contributed by atoms with E-state index < -0.39 is 11.6 Å². The number of nitrogens with zero attached hydrogens (tertiary/aromatic N) is 4. The van der Waals surface area contributed by atoms with Crippen LogP contribution in [0.4, 0.5) is 14.6 Å². The number of nitrogens with one attached hydrogen (secondary N) is 1. The number of aromatic nitrogens is 3. The average Bonchev–Trinajstić information content (AvgIpc) is 3.00. The Morgan fingerprint density at radius 1 is 1.15 bits per heavy atom. The molecule has 4 aromatic rings. The van der Waals surface area contributed by atoms with Gasteiger partial charge in [0, 0.05) is 36.8 Å². The summed E-state index contributed by atoms with van der Waals surface area (Å²) in [7, 11) is 1.95. The van der Waals surface area contributed by atoms with E-state index >= 15 is 4.39 Å². The van der Waals surface area contributed by atoms with Crippen LogP contribution < -0.4 is 15.0 Å². The van der Waals surface area contributed by atoms with Gasteiger partial charge in [-0.05, 0) is 69.0 Å². The first-order valence-electron chi connectivity index (χ1n) is 14.7. The van der Waals surface area contributed by atoms with Crippen molar-refractivity contribution in [2.45, 2.75) is 45.4 Å². The number of pyridine rings is 1. The Hall–Kier alpha value is -3.43. The van der Waals surface area contributed by atoms with E-state index in [2.05, 4.69) is 27.1 Å². The Kier molecular flexibility index (Phi) is 9.57. The van der Waals surface area contributed by atoms with Crippen LogP contribution >= 0.6 is 0 Å². The molecule has 0 spiro atoms. The maximum Gasteiger partial charge on any atom is 0.319 e. The van der Waals surface area contributed by atoms with E-state index in [1.165, 1.54) is 6.07 Å². The molecule has 2 aromatic carbocycles. The van der Waals surface area contributed by atoms with Gasteiger partial charge >= 0.3 is 6.01 Å². The molecule has 1 aliphatic heterocycles. The molecule has 9 heteroatoms. The van der Waals surface area contributed by atoms with Crippen molar-refractivity contribution in [3.63, 3.8) is 0 Å². The van der Waals surface area contributed by atoms with E-state index in [-0.39, 0.29) is 29.7 Å². The molecule has 2 unspecified atom stereocenters. The number of fused-ring (bicyclic) bond motifs is 2. The smallest absolute Gasteiger partial charge is 0.319 e. The third-order valence-corrected chi connectivity index (χ3v) is 8.01. The number of aliphatic hydroxyl groups is 1. The first-order valence-corrected chi connectivity index (χ1v) is 14.7. The van der Waals surface area contributed by atoms with Crippen LogP contribution in [0.15, 0.2) is 42.6 Å². The van der Waals surface area contributed by atoms with Gasteiger partial charge in [0.15, 0.2) is 5.82 Å². The molecule has 1 aliphatic rings. The van der Waals surface area contributed by atoms with Gasteiger partial charge in [-0.3, -0.25) is 4.98 Å². The first-order chi connectivity index (χ1) is 20.0. The third-order valence-electron chi connectivity index (χ3n) is 8.01. The van der Waals surface area contributed by atoms with E-state index in [4.69, 9.17) is 9.72 Å². The number of aliphatic hydroxyl groups excluding tert-OH is 1. The van der Waals surface area contributed by atoms with Crippen LogP contribution in [-0.4, -0.2) is 60.0 Å². The van der Waals surface area contributed by atoms with Crippen molar-refractivity contribution < 1.29 is 18.6 Å². The highest BCUT2D eigenvalue weighted by Crippen LogP contribution is 2.36. The quantitative estimate of drug-likeness (QED) is 0.201. The van der Waals surface area contributed by atoms with Gasteiger partial charge in [0.2, 0.25) is 0 Å². The van der Waals surface area contributed by atoms with E-state index in [1.807, 2.05) is 7.05 Å². The Bertz CT molecular complexity index is 1480. The normalized spacial score (nSPS) is 16.4. The Morgan fingerprint density at radius 2 is 1.98 bits per heavy atom. The molecule has 2 N–H and O–H groups in total. The number of hydrogen-bond acceptors (Lipinski definition) is 7. The molecule has 1 saturated heterocycles. The topological polar surface area (TPSA) is 83.4 Å². The minimum absolute atomic E-state index is 0.0339. The van der Waals surface area contributed by atoms with Crippen molar-refractivity contribution in [3.8, 4) is 17.3 Å². The first kappa shape index (κ1) is 29.1. The number of piperidine rings is 1. The SMILES string of the molecule is CCCC(CCCNC)COc1nc(N2CCCC(CO)C2)c2cnc(-c3cccc4cccc(F)c34)c(F)c2n1. The Balaban J connectivity index is 1.58. The maximum absolute atomic E-state index is 16.4.